The highest BCUT2D eigenvalue weighted by Crippen LogP contribution is 2.24. The average molecular weight is 256 g/mol. The van der Waals surface area contributed by atoms with E-state index in [9.17, 15) is 4.79 Å². The maximum atomic E-state index is 11.2. The number of nitrogens with one attached hydrogen (secondary N) is 1. The van der Waals surface area contributed by atoms with Gasteiger partial charge in [-0.1, -0.05) is 5.92 Å². The lowest BCUT2D eigenvalue weighted by Crippen LogP contribution is -2.13. The summed E-state index contributed by atoms with van der Waals surface area (Å²) in [5.74, 6) is 2.69. The summed E-state index contributed by atoms with van der Waals surface area (Å²) in [5, 5.41) is 6.80. The maximum Gasteiger partial charge on any atom is 0.237 e. The topological polar surface area (TPSA) is 46.9 Å². The molecule has 0 aliphatic carbocycles. The number of carbonyl (C=O) groups excluding carboxylic acids is 1. The summed E-state index contributed by atoms with van der Waals surface area (Å²) in [7, 11) is 1.75. The number of aromatic nitrogens is 2. The first-order valence-corrected chi connectivity index (χ1v) is 4.78. The molecule has 1 heterocycles. The largest absolute Gasteiger partial charge is 0.309 e. The molecule has 0 saturated carbocycles. The molecule has 1 aromatic rings. The zero-order valence-corrected chi connectivity index (χ0v) is 9.55. The first-order chi connectivity index (χ1) is 6.56. The van der Waals surface area contributed by atoms with Gasteiger partial charge in [-0.2, -0.15) is 5.10 Å². The van der Waals surface area contributed by atoms with E-state index in [0.29, 0.717) is 5.82 Å². The zero-order chi connectivity index (χ0) is 10.7. The van der Waals surface area contributed by atoms with Crippen LogP contribution in [0.3, 0.4) is 0 Å². The highest BCUT2D eigenvalue weighted by molar-refractivity contribution is 9.10. The van der Waals surface area contributed by atoms with Crippen LogP contribution in [-0.4, -0.2) is 15.7 Å². The number of terminal acetylenes is 1. The lowest BCUT2D eigenvalue weighted by molar-refractivity contribution is -0.115. The van der Waals surface area contributed by atoms with E-state index in [0.717, 1.165) is 10.2 Å². The van der Waals surface area contributed by atoms with Crippen molar-refractivity contribution in [2.24, 2.45) is 7.05 Å². The second-order valence-electron chi connectivity index (χ2n) is 2.80. The minimum Gasteiger partial charge on any atom is -0.309 e. The molecule has 0 spiro atoms. The van der Waals surface area contributed by atoms with Crippen LogP contribution in [0, 0.1) is 19.3 Å². The number of hydrogen-bond acceptors (Lipinski definition) is 2. The Labute approximate surface area is 90.8 Å². The molecule has 0 radical (unpaired) electrons. The summed E-state index contributed by atoms with van der Waals surface area (Å²) in [5.41, 5.74) is 0.823. The van der Waals surface area contributed by atoms with Gasteiger partial charge in [0.25, 0.3) is 0 Å². The monoisotopic (exact) mass is 255 g/mol. The van der Waals surface area contributed by atoms with Gasteiger partial charge in [-0.05, 0) is 22.9 Å². The van der Waals surface area contributed by atoms with Crippen molar-refractivity contribution in [2.45, 2.75) is 13.3 Å². The van der Waals surface area contributed by atoms with E-state index in [1.54, 1.807) is 11.7 Å². The van der Waals surface area contributed by atoms with Gasteiger partial charge in [0.2, 0.25) is 5.91 Å². The van der Waals surface area contributed by atoms with Crippen molar-refractivity contribution in [3.63, 3.8) is 0 Å². The van der Waals surface area contributed by atoms with Crippen LogP contribution in [0.15, 0.2) is 4.47 Å². The molecule has 14 heavy (non-hydrogen) atoms. The Morgan fingerprint density at radius 2 is 2.43 bits per heavy atom. The smallest absolute Gasteiger partial charge is 0.237 e. The van der Waals surface area contributed by atoms with Crippen LogP contribution in [0.25, 0.3) is 0 Å². The van der Waals surface area contributed by atoms with Crippen LogP contribution in [0.1, 0.15) is 12.1 Å². The van der Waals surface area contributed by atoms with Crippen molar-refractivity contribution in [3.8, 4) is 12.3 Å². The molecule has 5 heteroatoms. The minimum absolute atomic E-state index is 0.0661. The summed E-state index contributed by atoms with van der Waals surface area (Å²) in [6.45, 7) is 1.85. The number of aryl methyl sites for hydroxylation is 2. The van der Waals surface area contributed by atoms with Crippen molar-refractivity contribution in [2.75, 3.05) is 5.32 Å². The standard InChI is InChI=1S/C9H10BrN3O/c1-4-5-7(14)11-9-8(10)6(2)12-13(9)3/h1H,5H2,2-3H3,(H,11,14). The molecular weight excluding hydrogens is 246 g/mol. The third-order valence-corrected chi connectivity index (χ3v) is 2.62. The Balaban J connectivity index is 2.87. The molecule has 1 rings (SSSR count). The molecule has 1 N–H and O–H groups in total. The fourth-order valence-electron chi connectivity index (χ4n) is 1.04. The van der Waals surface area contributed by atoms with E-state index >= 15 is 0 Å². The molecular formula is C9H10BrN3O. The lowest BCUT2D eigenvalue weighted by atomic mass is 10.4. The third kappa shape index (κ3) is 2.15. The van der Waals surface area contributed by atoms with Crippen molar-refractivity contribution in [1.29, 1.82) is 0 Å². The number of amides is 1. The van der Waals surface area contributed by atoms with Crippen LogP contribution in [0.4, 0.5) is 5.82 Å². The molecule has 1 amide bonds. The fraction of sp³-hybridized carbons (Fsp3) is 0.333. The number of halogens is 1. The van der Waals surface area contributed by atoms with Gasteiger partial charge < -0.3 is 5.32 Å². The molecule has 4 nitrogen and oxygen atoms in total. The second-order valence-corrected chi connectivity index (χ2v) is 3.59. The molecule has 1 aromatic heterocycles. The first kappa shape index (κ1) is 10.8. The van der Waals surface area contributed by atoms with Crippen LogP contribution in [0.5, 0.6) is 0 Å². The van der Waals surface area contributed by atoms with Crippen LogP contribution < -0.4 is 5.32 Å². The number of nitrogens with zero attached hydrogens (tertiary/aromatic N) is 2. The second kappa shape index (κ2) is 4.29. The number of hydrogen-bond donors (Lipinski definition) is 1. The van der Waals surface area contributed by atoms with Gasteiger partial charge in [-0.25, -0.2) is 0 Å². The molecule has 0 atom stereocenters. The van der Waals surface area contributed by atoms with Crippen molar-refractivity contribution >= 4 is 27.7 Å². The summed E-state index contributed by atoms with van der Waals surface area (Å²) in [4.78, 5) is 11.2. The van der Waals surface area contributed by atoms with Crippen LogP contribution in [-0.2, 0) is 11.8 Å². The van der Waals surface area contributed by atoms with Crippen LogP contribution >= 0.6 is 15.9 Å². The maximum absolute atomic E-state index is 11.2. The van der Waals surface area contributed by atoms with E-state index in [1.165, 1.54) is 0 Å². The van der Waals surface area contributed by atoms with E-state index in [1.807, 2.05) is 6.92 Å². The molecule has 0 aliphatic heterocycles. The molecule has 0 unspecified atom stereocenters. The molecule has 74 valence electrons. The third-order valence-electron chi connectivity index (χ3n) is 1.67. The van der Waals surface area contributed by atoms with E-state index < -0.39 is 0 Å². The van der Waals surface area contributed by atoms with Crippen molar-refractivity contribution < 1.29 is 4.79 Å². The minimum atomic E-state index is -0.212. The molecule has 0 bridgehead atoms. The van der Waals surface area contributed by atoms with E-state index in [2.05, 4.69) is 32.3 Å². The molecule has 0 fully saturated rings. The fourth-order valence-corrected chi connectivity index (χ4v) is 1.47. The molecule has 0 aliphatic rings. The van der Waals surface area contributed by atoms with Crippen molar-refractivity contribution in [1.82, 2.24) is 9.78 Å². The normalized spacial score (nSPS) is 9.57. The number of anilines is 1. The first-order valence-electron chi connectivity index (χ1n) is 3.98. The predicted octanol–water partition coefficient (Wildman–Crippen LogP) is 1.45. The zero-order valence-electron chi connectivity index (χ0n) is 7.97. The van der Waals surface area contributed by atoms with E-state index in [4.69, 9.17) is 6.42 Å². The van der Waals surface area contributed by atoms with Gasteiger partial charge >= 0.3 is 0 Å². The van der Waals surface area contributed by atoms with Crippen molar-refractivity contribution in [3.05, 3.63) is 10.2 Å². The Bertz CT molecular complexity index is 403. The summed E-state index contributed by atoms with van der Waals surface area (Å²) in [6.07, 6.45) is 5.09. The Kier molecular flexibility index (Phi) is 3.31. The average Bonchev–Trinajstić information content (AvgIpc) is 2.33. The molecule has 0 saturated heterocycles. The number of rotatable bonds is 2. The van der Waals surface area contributed by atoms with Gasteiger partial charge in [0.15, 0.2) is 0 Å². The lowest BCUT2D eigenvalue weighted by Gasteiger charge is -2.03. The number of carbonyl (C=O) groups is 1. The van der Waals surface area contributed by atoms with Gasteiger partial charge in [0, 0.05) is 7.05 Å². The highest BCUT2D eigenvalue weighted by atomic mass is 79.9. The van der Waals surface area contributed by atoms with Gasteiger partial charge in [-0.15, -0.1) is 6.42 Å². The Morgan fingerprint density at radius 3 is 2.86 bits per heavy atom. The Morgan fingerprint density at radius 1 is 1.79 bits per heavy atom. The summed E-state index contributed by atoms with van der Waals surface area (Å²) < 4.78 is 2.37. The summed E-state index contributed by atoms with van der Waals surface area (Å²) >= 11 is 3.33. The van der Waals surface area contributed by atoms with E-state index in [-0.39, 0.29) is 12.3 Å². The summed E-state index contributed by atoms with van der Waals surface area (Å²) in [6, 6.07) is 0. The Hall–Kier alpha value is -1.28. The molecule has 0 aromatic carbocycles. The SMILES string of the molecule is C#CCC(=O)Nc1c(Br)c(C)nn1C. The van der Waals surface area contributed by atoms with Gasteiger partial charge in [0.05, 0.1) is 16.6 Å². The quantitative estimate of drug-likeness (QED) is 0.814. The van der Waals surface area contributed by atoms with Gasteiger partial charge in [-0.3, -0.25) is 9.48 Å². The highest BCUT2D eigenvalue weighted by Gasteiger charge is 2.12. The predicted molar refractivity (Wildman–Crippen MR) is 57.7 cm³/mol. The van der Waals surface area contributed by atoms with Crippen LogP contribution in [0.2, 0.25) is 0 Å². The van der Waals surface area contributed by atoms with Gasteiger partial charge in [0.1, 0.15) is 5.82 Å².